The number of halogens is 1. The Morgan fingerprint density at radius 1 is 1.28 bits per heavy atom. The van der Waals surface area contributed by atoms with Gasteiger partial charge in [0.1, 0.15) is 4.90 Å². The van der Waals surface area contributed by atoms with Gasteiger partial charge >= 0.3 is 0 Å². The Kier molecular flexibility index (Phi) is 6.00. The molecule has 0 aliphatic heterocycles. The molecular formula is C17H24ClN3O3S. The molecule has 25 heavy (non-hydrogen) atoms. The normalized spacial score (nSPS) is 12.1. The molecule has 0 amide bonds. The molecule has 0 radical (unpaired) electrons. The first kappa shape index (κ1) is 19.6. The van der Waals surface area contributed by atoms with Gasteiger partial charge in [-0.1, -0.05) is 45.4 Å². The van der Waals surface area contributed by atoms with Crippen molar-refractivity contribution < 1.29 is 13.5 Å². The molecule has 1 heterocycles. The molecule has 0 aliphatic rings. The Labute approximate surface area is 153 Å². The molecule has 1 aromatic carbocycles. The molecule has 2 aromatic rings. The first-order valence-electron chi connectivity index (χ1n) is 8.19. The number of hydrogen-bond acceptors (Lipinski definition) is 4. The van der Waals surface area contributed by atoms with Crippen molar-refractivity contribution in [2.45, 2.75) is 51.5 Å². The maximum absolute atomic E-state index is 12.7. The van der Waals surface area contributed by atoms with Crippen molar-refractivity contribution in [1.29, 1.82) is 0 Å². The summed E-state index contributed by atoms with van der Waals surface area (Å²) < 4.78 is 29.7. The van der Waals surface area contributed by atoms with Gasteiger partial charge < -0.3 is 5.11 Å². The summed E-state index contributed by atoms with van der Waals surface area (Å²) in [7, 11) is -3.98. The predicted octanol–water partition coefficient (Wildman–Crippen LogP) is 4.21. The minimum absolute atomic E-state index is 0.0143. The number of nitrogens with one attached hydrogen (secondary N) is 1. The number of aromatic nitrogens is 2. The van der Waals surface area contributed by atoms with Crippen molar-refractivity contribution in [3.63, 3.8) is 0 Å². The van der Waals surface area contributed by atoms with E-state index in [1.54, 1.807) is 0 Å². The number of hydrogen-bond donors (Lipinski definition) is 2. The van der Waals surface area contributed by atoms with Crippen molar-refractivity contribution in [2.24, 2.45) is 5.92 Å². The van der Waals surface area contributed by atoms with Gasteiger partial charge in [0, 0.05) is 6.54 Å². The van der Waals surface area contributed by atoms with E-state index in [1.165, 1.54) is 24.4 Å². The Bertz CT molecular complexity index is 845. The first-order chi connectivity index (χ1) is 11.6. The maximum atomic E-state index is 12.7. The van der Waals surface area contributed by atoms with Crippen molar-refractivity contribution in [1.82, 2.24) is 9.78 Å². The summed E-state index contributed by atoms with van der Waals surface area (Å²) in [4.78, 5) is -0.260. The van der Waals surface area contributed by atoms with Gasteiger partial charge in [-0.05, 0) is 30.4 Å². The van der Waals surface area contributed by atoms with Crippen LogP contribution in [0.15, 0.2) is 29.3 Å². The number of para-hydroxylation sites is 1. The van der Waals surface area contributed by atoms with Crippen LogP contribution in [-0.4, -0.2) is 23.3 Å². The van der Waals surface area contributed by atoms with Gasteiger partial charge in [0.05, 0.1) is 22.6 Å². The molecule has 2 rings (SSSR count). The van der Waals surface area contributed by atoms with E-state index in [9.17, 15) is 13.5 Å². The van der Waals surface area contributed by atoms with Crippen LogP contribution in [-0.2, 0) is 16.6 Å². The molecule has 0 saturated carbocycles. The second kappa shape index (κ2) is 7.66. The lowest BCUT2D eigenvalue weighted by molar-refractivity contribution is 0.459. The maximum Gasteiger partial charge on any atom is 0.265 e. The minimum atomic E-state index is -3.98. The Balaban J connectivity index is 2.37. The van der Waals surface area contributed by atoms with Gasteiger partial charge in [-0.3, -0.25) is 9.40 Å². The Morgan fingerprint density at radius 2 is 1.96 bits per heavy atom. The van der Waals surface area contributed by atoms with Gasteiger partial charge in [0.25, 0.3) is 10.0 Å². The molecule has 138 valence electrons. The molecule has 0 bridgehead atoms. The fraction of sp³-hybridized carbons (Fsp3) is 0.471. The number of rotatable bonds is 7. The number of phenolic OH excluding ortho intramolecular Hbond substituents is 1. The third-order valence-corrected chi connectivity index (χ3v) is 5.53. The van der Waals surface area contributed by atoms with Crippen LogP contribution < -0.4 is 4.72 Å². The SMILES string of the molecule is CC(C)CCn1ncc(NS(=O)(=O)c2cccc(Cl)c2O)c1C(C)C. The van der Waals surface area contributed by atoms with Crippen molar-refractivity contribution in [3.05, 3.63) is 35.1 Å². The monoisotopic (exact) mass is 385 g/mol. The van der Waals surface area contributed by atoms with E-state index in [1.807, 2.05) is 18.5 Å². The summed E-state index contributed by atoms with van der Waals surface area (Å²) in [5.41, 5.74) is 1.23. The van der Waals surface area contributed by atoms with Crippen LogP contribution >= 0.6 is 11.6 Å². The largest absolute Gasteiger partial charge is 0.505 e. The quantitative estimate of drug-likeness (QED) is 0.747. The van der Waals surface area contributed by atoms with Crippen LogP contribution in [0.25, 0.3) is 0 Å². The molecule has 0 saturated heterocycles. The molecule has 0 unspecified atom stereocenters. The Hall–Kier alpha value is -1.73. The lowest BCUT2D eigenvalue weighted by atomic mass is 10.1. The summed E-state index contributed by atoms with van der Waals surface area (Å²) in [6, 6.07) is 4.22. The van der Waals surface area contributed by atoms with Crippen LogP contribution in [0.3, 0.4) is 0 Å². The zero-order chi connectivity index (χ0) is 18.8. The summed E-state index contributed by atoms with van der Waals surface area (Å²) in [5, 5.41) is 14.3. The number of phenols is 1. The lowest BCUT2D eigenvalue weighted by Gasteiger charge is -2.15. The fourth-order valence-electron chi connectivity index (χ4n) is 2.55. The molecule has 2 N–H and O–H groups in total. The number of nitrogens with zero attached hydrogens (tertiary/aromatic N) is 2. The molecule has 0 fully saturated rings. The van der Waals surface area contributed by atoms with Gasteiger partial charge in [-0.25, -0.2) is 8.42 Å². The minimum Gasteiger partial charge on any atom is -0.505 e. The van der Waals surface area contributed by atoms with Crippen LogP contribution in [0, 0.1) is 5.92 Å². The third kappa shape index (κ3) is 4.46. The van der Waals surface area contributed by atoms with E-state index >= 15 is 0 Å². The van der Waals surface area contributed by atoms with Crippen LogP contribution in [0.2, 0.25) is 5.02 Å². The third-order valence-electron chi connectivity index (χ3n) is 3.83. The molecule has 0 spiro atoms. The molecule has 0 atom stereocenters. The highest BCUT2D eigenvalue weighted by Gasteiger charge is 2.24. The zero-order valence-electron chi connectivity index (χ0n) is 14.8. The van der Waals surface area contributed by atoms with Crippen LogP contribution in [0.5, 0.6) is 5.75 Å². The number of anilines is 1. The van der Waals surface area contributed by atoms with Gasteiger partial charge in [0.2, 0.25) is 0 Å². The summed E-state index contributed by atoms with van der Waals surface area (Å²) in [5.74, 6) is 0.142. The van der Waals surface area contributed by atoms with Crippen molar-refractivity contribution in [2.75, 3.05) is 4.72 Å². The van der Waals surface area contributed by atoms with E-state index in [4.69, 9.17) is 11.6 Å². The van der Waals surface area contributed by atoms with E-state index in [-0.39, 0.29) is 15.8 Å². The van der Waals surface area contributed by atoms with E-state index in [2.05, 4.69) is 23.7 Å². The van der Waals surface area contributed by atoms with Crippen LogP contribution in [0.1, 0.15) is 45.7 Å². The number of benzene rings is 1. The van der Waals surface area contributed by atoms with E-state index in [0.29, 0.717) is 11.6 Å². The smallest absolute Gasteiger partial charge is 0.265 e. The van der Waals surface area contributed by atoms with Crippen LogP contribution in [0.4, 0.5) is 5.69 Å². The van der Waals surface area contributed by atoms with E-state index in [0.717, 1.165) is 18.7 Å². The first-order valence-corrected chi connectivity index (χ1v) is 10.1. The zero-order valence-corrected chi connectivity index (χ0v) is 16.4. The lowest BCUT2D eigenvalue weighted by Crippen LogP contribution is -2.16. The second-order valence-corrected chi connectivity index (χ2v) is 8.75. The molecule has 6 nitrogen and oxygen atoms in total. The number of aryl methyl sites for hydroxylation is 1. The van der Waals surface area contributed by atoms with Crippen molar-refractivity contribution in [3.8, 4) is 5.75 Å². The summed E-state index contributed by atoms with van der Waals surface area (Å²) in [6.07, 6.45) is 2.46. The summed E-state index contributed by atoms with van der Waals surface area (Å²) in [6.45, 7) is 8.94. The highest BCUT2D eigenvalue weighted by molar-refractivity contribution is 7.92. The molecule has 0 aliphatic carbocycles. The predicted molar refractivity (Wildman–Crippen MR) is 99.7 cm³/mol. The number of aromatic hydroxyl groups is 1. The van der Waals surface area contributed by atoms with Gasteiger partial charge in [-0.15, -0.1) is 0 Å². The highest BCUT2D eigenvalue weighted by Crippen LogP contribution is 2.33. The van der Waals surface area contributed by atoms with E-state index < -0.39 is 15.8 Å². The van der Waals surface area contributed by atoms with Gasteiger partial charge in [-0.2, -0.15) is 5.10 Å². The molecule has 8 heteroatoms. The Morgan fingerprint density at radius 3 is 2.56 bits per heavy atom. The molecular weight excluding hydrogens is 362 g/mol. The fourth-order valence-corrected chi connectivity index (χ4v) is 3.96. The number of sulfonamides is 1. The second-order valence-electron chi connectivity index (χ2n) is 6.70. The average molecular weight is 386 g/mol. The van der Waals surface area contributed by atoms with Crippen molar-refractivity contribution >= 4 is 27.3 Å². The highest BCUT2D eigenvalue weighted by atomic mass is 35.5. The average Bonchev–Trinajstić information content (AvgIpc) is 2.89. The van der Waals surface area contributed by atoms with Gasteiger partial charge in [0.15, 0.2) is 5.75 Å². The summed E-state index contributed by atoms with van der Waals surface area (Å²) >= 11 is 5.82. The standard InChI is InChI=1S/C17H24ClN3O3S/c1-11(2)8-9-21-16(12(3)4)14(10-19-21)20-25(23,24)15-7-5-6-13(18)17(15)22/h5-7,10-12,20,22H,8-9H2,1-4H3. The molecule has 1 aromatic heterocycles. The topological polar surface area (TPSA) is 84.2 Å².